The minimum atomic E-state index is 0.172. The van der Waals surface area contributed by atoms with Gasteiger partial charge in [-0.25, -0.2) is 4.98 Å². The molecular weight excluding hydrogens is 364 g/mol. The Morgan fingerprint density at radius 2 is 1.93 bits per heavy atom. The predicted molar refractivity (Wildman–Crippen MR) is 114 cm³/mol. The van der Waals surface area contributed by atoms with Crippen LogP contribution in [0.2, 0.25) is 0 Å². The fraction of sp³-hybridized carbons (Fsp3) is 0.391. The molecule has 1 aliphatic heterocycles. The van der Waals surface area contributed by atoms with Gasteiger partial charge in [-0.3, -0.25) is 9.69 Å². The molecule has 1 aliphatic rings. The molecule has 2 heterocycles. The number of rotatable bonds is 6. The summed E-state index contributed by atoms with van der Waals surface area (Å²) < 4.78 is 5.30. The van der Waals surface area contributed by atoms with E-state index in [1.54, 1.807) is 7.11 Å². The van der Waals surface area contributed by atoms with Gasteiger partial charge in [-0.15, -0.1) is 0 Å². The van der Waals surface area contributed by atoms with Gasteiger partial charge in [-0.1, -0.05) is 31.2 Å². The summed E-state index contributed by atoms with van der Waals surface area (Å²) in [5, 5.41) is 0. The van der Waals surface area contributed by atoms with Crippen LogP contribution in [0.5, 0.6) is 5.75 Å². The molecule has 1 atom stereocenters. The van der Waals surface area contributed by atoms with Gasteiger partial charge in [0.2, 0.25) is 5.91 Å². The second-order valence-electron chi connectivity index (χ2n) is 7.74. The Morgan fingerprint density at radius 1 is 1.14 bits per heavy atom. The van der Waals surface area contributed by atoms with Crippen molar-refractivity contribution in [2.75, 3.05) is 33.3 Å². The lowest BCUT2D eigenvalue weighted by atomic mass is 9.97. The molecule has 0 bridgehead atoms. The lowest BCUT2D eigenvalue weighted by molar-refractivity contribution is -0.133. The van der Waals surface area contributed by atoms with E-state index in [1.165, 1.54) is 0 Å². The van der Waals surface area contributed by atoms with Gasteiger partial charge in [0.15, 0.2) is 0 Å². The third-order valence-corrected chi connectivity index (χ3v) is 5.68. The third-order valence-electron chi connectivity index (χ3n) is 5.68. The van der Waals surface area contributed by atoms with E-state index in [0.29, 0.717) is 6.42 Å². The van der Waals surface area contributed by atoms with E-state index >= 15 is 0 Å². The molecule has 0 unspecified atom stereocenters. The van der Waals surface area contributed by atoms with Gasteiger partial charge in [0, 0.05) is 32.6 Å². The van der Waals surface area contributed by atoms with Gasteiger partial charge >= 0.3 is 0 Å². The van der Waals surface area contributed by atoms with Crippen LogP contribution in [0.3, 0.4) is 0 Å². The highest BCUT2D eigenvalue weighted by atomic mass is 16.5. The summed E-state index contributed by atoms with van der Waals surface area (Å²) in [4.78, 5) is 25.2. The number of para-hydroxylation sites is 2. The number of carbonyl (C=O) groups excluding carboxylic acids is 1. The first-order valence-corrected chi connectivity index (χ1v) is 10.2. The first kappa shape index (κ1) is 19.5. The molecule has 29 heavy (non-hydrogen) atoms. The molecule has 0 spiro atoms. The maximum atomic E-state index is 12.8. The molecule has 3 aromatic rings. The van der Waals surface area contributed by atoms with Gasteiger partial charge in [-0.2, -0.15) is 0 Å². The summed E-state index contributed by atoms with van der Waals surface area (Å²) in [6.45, 7) is 6.17. The zero-order valence-electron chi connectivity index (χ0n) is 17.1. The van der Waals surface area contributed by atoms with Gasteiger partial charge < -0.3 is 14.6 Å². The number of hydrogen-bond acceptors (Lipinski definition) is 4. The molecule has 1 N–H and O–H groups in total. The molecule has 2 aromatic carbocycles. The second-order valence-corrected chi connectivity index (χ2v) is 7.74. The summed E-state index contributed by atoms with van der Waals surface area (Å²) in [6.07, 6.45) is 0.525. The Morgan fingerprint density at radius 3 is 2.69 bits per heavy atom. The number of nitrogens with one attached hydrogen (secondary N) is 1. The van der Waals surface area contributed by atoms with Gasteiger partial charge in [0.05, 0.1) is 24.7 Å². The van der Waals surface area contributed by atoms with Crippen LogP contribution in [0.4, 0.5) is 0 Å². The van der Waals surface area contributed by atoms with Crippen molar-refractivity contribution in [1.29, 1.82) is 0 Å². The first-order chi connectivity index (χ1) is 14.1. The van der Waals surface area contributed by atoms with Crippen molar-refractivity contribution in [2.24, 2.45) is 0 Å². The van der Waals surface area contributed by atoms with Crippen LogP contribution in [0.1, 0.15) is 30.7 Å². The van der Waals surface area contributed by atoms with E-state index < -0.39 is 0 Å². The van der Waals surface area contributed by atoms with Crippen LogP contribution < -0.4 is 4.74 Å². The molecule has 1 fully saturated rings. The highest BCUT2D eigenvalue weighted by molar-refractivity contribution is 5.77. The average molecular weight is 393 g/mol. The summed E-state index contributed by atoms with van der Waals surface area (Å²) in [5.41, 5.74) is 3.21. The number of ether oxygens (including phenoxy) is 1. The Hall–Kier alpha value is -2.86. The molecule has 4 rings (SSSR count). The highest BCUT2D eigenvalue weighted by Crippen LogP contribution is 2.24. The fourth-order valence-corrected chi connectivity index (χ4v) is 3.90. The van der Waals surface area contributed by atoms with E-state index in [4.69, 9.17) is 4.74 Å². The van der Waals surface area contributed by atoms with E-state index in [0.717, 1.165) is 60.9 Å². The van der Waals surface area contributed by atoms with Crippen molar-refractivity contribution in [3.63, 3.8) is 0 Å². The number of H-pyrrole nitrogens is 1. The Labute approximate surface area is 171 Å². The molecule has 0 saturated carbocycles. The maximum absolute atomic E-state index is 12.8. The number of amides is 1. The minimum Gasteiger partial charge on any atom is -0.497 e. The van der Waals surface area contributed by atoms with Gasteiger partial charge in [0.25, 0.3) is 0 Å². The number of hydrogen-bond donors (Lipinski definition) is 1. The van der Waals surface area contributed by atoms with Crippen LogP contribution in [0.25, 0.3) is 11.0 Å². The Bertz CT molecular complexity index is 943. The number of benzene rings is 2. The number of carbonyl (C=O) groups is 1. The van der Waals surface area contributed by atoms with E-state index in [-0.39, 0.29) is 11.8 Å². The molecule has 0 radical (unpaired) electrons. The zero-order chi connectivity index (χ0) is 20.2. The molecule has 152 valence electrons. The first-order valence-electron chi connectivity index (χ1n) is 10.2. The minimum absolute atomic E-state index is 0.172. The zero-order valence-corrected chi connectivity index (χ0v) is 17.1. The summed E-state index contributed by atoms with van der Waals surface area (Å²) >= 11 is 0. The number of fused-ring (bicyclic) bond motifs is 1. The van der Waals surface area contributed by atoms with Crippen LogP contribution >= 0.6 is 0 Å². The SMILES string of the molecule is COc1cccc([C@@H](C)CC(=O)N2CCN(Cc3nc4ccccc4[nH]3)CC2)c1. The van der Waals surface area contributed by atoms with Crippen molar-refractivity contribution in [3.05, 3.63) is 59.9 Å². The molecular formula is C23H28N4O2. The fourth-order valence-electron chi connectivity index (χ4n) is 3.90. The topological polar surface area (TPSA) is 61.5 Å². The van der Waals surface area contributed by atoms with Crippen molar-refractivity contribution in [3.8, 4) is 5.75 Å². The quantitative estimate of drug-likeness (QED) is 0.698. The average Bonchev–Trinajstić information content (AvgIpc) is 3.16. The Kier molecular flexibility index (Phi) is 5.81. The number of nitrogens with zero attached hydrogens (tertiary/aromatic N) is 3. The highest BCUT2D eigenvalue weighted by Gasteiger charge is 2.23. The lowest BCUT2D eigenvalue weighted by Gasteiger charge is -2.34. The van der Waals surface area contributed by atoms with Crippen molar-refractivity contribution in [1.82, 2.24) is 19.8 Å². The number of aromatic amines is 1. The van der Waals surface area contributed by atoms with E-state index in [2.05, 4.69) is 27.9 Å². The van der Waals surface area contributed by atoms with Crippen LogP contribution in [-0.4, -0.2) is 59.0 Å². The van der Waals surface area contributed by atoms with Crippen LogP contribution in [0.15, 0.2) is 48.5 Å². The van der Waals surface area contributed by atoms with Crippen molar-refractivity contribution >= 4 is 16.9 Å². The third kappa shape index (κ3) is 4.59. The normalized spacial score (nSPS) is 16.1. The number of aromatic nitrogens is 2. The largest absolute Gasteiger partial charge is 0.497 e. The van der Waals surface area contributed by atoms with Crippen LogP contribution in [-0.2, 0) is 11.3 Å². The Balaban J connectivity index is 1.28. The number of piperazine rings is 1. The van der Waals surface area contributed by atoms with Crippen LogP contribution in [0, 0.1) is 0 Å². The predicted octanol–water partition coefficient (Wildman–Crippen LogP) is 3.41. The molecule has 1 amide bonds. The van der Waals surface area contributed by atoms with Crippen molar-refractivity contribution < 1.29 is 9.53 Å². The van der Waals surface area contributed by atoms with E-state index in [9.17, 15) is 4.79 Å². The maximum Gasteiger partial charge on any atom is 0.223 e. The smallest absolute Gasteiger partial charge is 0.223 e. The molecule has 1 saturated heterocycles. The number of imidazole rings is 1. The van der Waals surface area contributed by atoms with E-state index in [1.807, 2.05) is 47.4 Å². The van der Waals surface area contributed by atoms with Gasteiger partial charge in [0.1, 0.15) is 11.6 Å². The lowest BCUT2D eigenvalue weighted by Crippen LogP contribution is -2.48. The number of methoxy groups -OCH3 is 1. The monoisotopic (exact) mass is 392 g/mol. The summed E-state index contributed by atoms with van der Waals surface area (Å²) in [6, 6.07) is 16.1. The standard InChI is InChI=1S/C23H28N4O2/c1-17(18-6-5-7-19(15-18)29-2)14-23(28)27-12-10-26(11-13-27)16-22-24-20-8-3-4-9-21(20)25-22/h3-9,15,17H,10-14,16H2,1-2H3,(H,24,25)/t17-/m0/s1. The molecule has 6 nitrogen and oxygen atoms in total. The molecule has 0 aliphatic carbocycles. The van der Waals surface area contributed by atoms with Crippen molar-refractivity contribution in [2.45, 2.75) is 25.8 Å². The second kappa shape index (κ2) is 8.66. The molecule has 1 aromatic heterocycles. The summed E-state index contributed by atoms with van der Waals surface area (Å²) in [7, 11) is 1.67. The van der Waals surface area contributed by atoms with Gasteiger partial charge in [-0.05, 0) is 35.7 Å². The molecule has 6 heteroatoms. The summed E-state index contributed by atoms with van der Waals surface area (Å²) in [5.74, 6) is 2.22.